The van der Waals surface area contributed by atoms with Crippen molar-refractivity contribution < 1.29 is 33.0 Å². The lowest BCUT2D eigenvalue weighted by Crippen LogP contribution is -2.21. The highest BCUT2D eigenvalue weighted by Gasteiger charge is 2.35. The third-order valence-electron chi connectivity index (χ3n) is 5.57. The monoisotopic (exact) mass is 453 g/mol. The van der Waals surface area contributed by atoms with Crippen LogP contribution in [0.15, 0.2) is 24.3 Å². The van der Waals surface area contributed by atoms with Crippen molar-refractivity contribution in [1.82, 2.24) is 4.57 Å². The number of fused-ring (bicyclic) bond motifs is 1. The lowest BCUT2D eigenvalue weighted by atomic mass is 9.84. The molecule has 2 atom stereocenters. The molecule has 0 spiro atoms. The molecule has 0 saturated carbocycles. The molecule has 0 amide bonds. The number of hydrogen-bond donors (Lipinski definition) is 2. The van der Waals surface area contributed by atoms with Gasteiger partial charge in [-0.05, 0) is 36.6 Å². The molecule has 1 heterocycles. The van der Waals surface area contributed by atoms with Crippen molar-refractivity contribution in [3.63, 3.8) is 0 Å². The van der Waals surface area contributed by atoms with Gasteiger partial charge in [0.1, 0.15) is 5.82 Å². The fourth-order valence-electron chi connectivity index (χ4n) is 3.80. The Morgan fingerprint density at radius 3 is 2.35 bits per heavy atom. The van der Waals surface area contributed by atoms with Gasteiger partial charge in [-0.1, -0.05) is 31.9 Å². The van der Waals surface area contributed by atoms with Gasteiger partial charge < -0.3 is 10.2 Å². The Labute approximate surface area is 180 Å². The molecule has 3 aromatic rings. The van der Waals surface area contributed by atoms with Crippen LogP contribution in [-0.2, 0) is 4.79 Å². The zero-order valence-corrected chi connectivity index (χ0v) is 17.6. The molecular formula is C22H19ClF3NO4. The number of phenols is 1. The van der Waals surface area contributed by atoms with E-state index in [9.17, 15) is 28.6 Å². The van der Waals surface area contributed by atoms with E-state index in [0.717, 1.165) is 22.8 Å². The van der Waals surface area contributed by atoms with Crippen LogP contribution in [0, 0.1) is 30.3 Å². The van der Waals surface area contributed by atoms with Crippen LogP contribution in [0.4, 0.5) is 13.2 Å². The second-order valence-corrected chi connectivity index (χ2v) is 7.79. The highest BCUT2D eigenvalue weighted by Crippen LogP contribution is 2.41. The molecule has 0 radical (unpaired) electrons. The summed E-state index contributed by atoms with van der Waals surface area (Å²) in [6, 6.07) is 4.05. The van der Waals surface area contributed by atoms with Crippen molar-refractivity contribution in [3.8, 4) is 5.75 Å². The summed E-state index contributed by atoms with van der Waals surface area (Å²) in [7, 11) is 0. The van der Waals surface area contributed by atoms with E-state index in [0.29, 0.717) is 6.42 Å². The molecule has 0 aliphatic heterocycles. The first kappa shape index (κ1) is 22.7. The van der Waals surface area contributed by atoms with Crippen LogP contribution in [0.25, 0.3) is 10.9 Å². The van der Waals surface area contributed by atoms with Crippen LogP contribution >= 0.6 is 11.6 Å². The lowest BCUT2D eigenvalue weighted by molar-refractivity contribution is -0.140. The molecule has 0 saturated heterocycles. The first-order chi connectivity index (χ1) is 14.5. The molecule has 9 heteroatoms. The first-order valence-electron chi connectivity index (χ1n) is 9.45. The van der Waals surface area contributed by atoms with Crippen molar-refractivity contribution >= 4 is 34.4 Å². The van der Waals surface area contributed by atoms with E-state index < -0.39 is 46.9 Å². The third-order valence-corrected chi connectivity index (χ3v) is 5.87. The third kappa shape index (κ3) is 3.65. The summed E-state index contributed by atoms with van der Waals surface area (Å²) in [4.78, 5) is 25.3. The van der Waals surface area contributed by atoms with E-state index in [2.05, 4.69) is 0 Å². The second-order valence-electron chi connectivity index (χ2n) is 7.39. The first-order valence-corrected chi connectivity index (χ1v) is 9.83. The van der Waals surface area contributed by atoms with Gasteiger partial charge in [0.15, 0.2) is 17.4 Å². The van der Waals surface area contributed by atoms with E-state index >= 15 is 4.39 Å². The van der Waals surface area contributed by atoms with Crippen molar-refractivity contribution in [2.45, 2.75) is 33.1 Å². The zero-order chi connectivity index (χ0) is 23.2. The number of benzene rings is 2. The van der Waals surface area contributed by atoms with Crippen LogP contribution in [0.2, 0.25) is 5.02 Å². The maximum atomic E-state index is 15.0. The molecular weight excluding hydrogens is 435 g/mol. The fraction of sp³-hybridized carbons (Fsp3) is 0.273. The number of aliphatic carboxylic acids is 1. The zero-order valence-electron chi connectivity index (χ0n) is 16.8. The van der Waals surface area contributed by atoms with Crippen molar-refractivity contribution in [2.24, 2.45) is 5.92 Å². The van der Waals surface area contributed by atoms with Gasteiger partial charge in [0.05, 0.1) is 16.5 Å². The van der Waals surface area contributed by atoms with Gasteiger partial charge in [-0.3, -0.25) is 14.2 Å². The quantitative estimate of drug-likeness (QED) is 0.524. The van der Waals surface area contributed by atoms with Gasteiger partial charge in [0.2, 0.25) is 0 Å². The highest BCUT2D eigenvalue weighted by atomic mass is 35.5. The van der Waals surface area contributed by atoms with Gasteiger partial charge in [0, 0.05) is 22.7 Å². The van der Waals surface area contributed by atoms with Crippen LogP contribution < -0.4 is 0 Å². The Morgan fingerprint density at radius 2 is 1.81 bits per heavy atom. The smallest absolute Gasteiger partial charge is 0.311 e. The second kappa shape index (κ2) is 8.26. The molecule has 2 N–H and O–H groups in total. The van der Waals surface area contributed by atoms with Crippen LogP contribution in [-0.4, -0.2) is 26.7 Å². The highest BCUT2D eigenvalue weighted by molar-refractivity contribution is 6.30. The molecule has 164 valence electrons. The van der Waals surface area contributed by atoms with Crippen molar-refractivity contribution in [1.29, 1.82) is 0 Å². The number of aromatic hydroxyl groups is 1. The number of carboxylic acids is 1. The van der Waals surface area contributed by atoms with Gasteiger partial charge in [-0.15, -0.1) is 0 Å². The van der Waals surface area contributed by atoms with Crippen molar-refractivity contribution in [3.05, 3.63) is 63.6 Å². The number of phenolic OH excluding ortho intramolecular Hbond substituents is 1. The summed E-state index contributed by atoms with van der Waals surface area (Å²) < 4.78 is 44.0. The lowest BCUT2D eigenvalue weighted by Gasteiger charge is -2.20. The minimum Gasteiger partial charge on any atom is -0.503 e. The van der Waals surface area contributed by atoms with Gasteiger partial charge >= 0.3 is 5.97 Å². The average molecular weight is 454 g/mol. The minimum absolute atomic E-state index is 0.0481. The van der Waals surface area contributed by atoms with Gasteiger partial charge in [-0.2, -0.15) is 0 Å². The summed E-state index contributed by atoms with van der Waals surface area (Å²) in [6.45, 7) is 4.80. The Hall–Kier alpha value is -3.00. The number of carboxylic acid groups (broad SMARTS) is 1. The molecule has 0 bridgehead atoms. The number of aromatic nitrogens is 1. The van der Waals surface area contributed by atoms with E-state index in [1.807, 2.05) is 0 Å². The van der Waals surface area contributed by atoms with Crippen LogP contribution in [0.1, 0.15) is 47.8 Å². The number of hydrogen-bond acceptors (Lipinski definition) is 3. The number of carbonyl (C=O) groups excluding carboxylic acids is 1. The maximum absolute atomic E-state index is 15.0. The predicted molar refractivity (Wildman–Crippen MR) is 109 cm³/mol. The van der Waals surface area contributed by atoms with E-state index in [1.165, 1.54) is 13.0 Å². The molecule has 0 aliphatic carbocycles. The van der Waals surface area contributed by atoms with Crippen LogP contribution in [0.3, 0.4) is 0 Å². The molecule has 31 heavy (non-hydrogen) atoms. The Morgan fingerprint density at radius 1 is 1.16 bits per heavy atom. The Balaban J connectivity index is 2.42. The summed E-state index contributed by atoms with van der Waals surface area (Å²) in [5.74, 6) is -8.61. The molecule has 2 aromatic carbocycles. The fourth-order valence-corrected chi connectivity index (χ4v) is 3.92. The number of nitrogens with zero attached hydrogens (tertiary/aromatic N) is 1. The SMILES string of the molecule is CCC(C)C(C(=O)O)c1c(C)n(C(=O)c2ccc(Cl)c(F)c2)c2cc(F)c(O)c(F)c12. The molecule has 1 aromatic heterocycles. The van der Waals surface area contributed by atoms with Gasteiger partial charge in [-0.25, -0.2) is 13.2 Å². The minimum atomic E-state index is -1.36. The summed E-state index contributed by atoms with van der Waals surface area (Å²) in [5, 5.41) is 19.1. The molecule has 2 unspecified atom stereocenters. The molecule has 3 rings (SSSR count). The topological polar surface area (TPSA) is 79.5 Å². The summed E-state index contributed by atoms with van der Waals surface area (Å²) in [6.07, 6.45) is 0.425. The van der Waals surface area contributed by atoms with Crippen molar-refractivity contribution in [2.75, 3.05) is 0 Å². The summed E-state index contributed by atoms with van der Waals surface area (Å²) >= 11 is 5.66. The number of carbonyl (C=O) groups is 2. The average Bonchev–Trinajstić information content (AvgIpc) is 2.99. The predicted octanol–water partition coefficient (Wildman–Crippen LogP) is 5.63. The number of halogens is 4. The number of rotatable bonds is 5. The van der Waals surface area contributed by atoms with E-state index in [1.54, 1.807) is 13.8 Å². The Kier molecular flexibility index (Phi) is 6.04. The maximum Gasteiger partial charge on any atom is 0.311 e. The Bertz CT molecular complexity index is 1220. The summed E-state index contributed by atoms with van der Waals surface area (Å²) in [5.41, 5.74) is -0.424. The molecule has 0 fully saturated rings. The molecule has 0 aliphatic rings. The molecule has 5 nitrogen and oxygen atoms in total. The van der Waals surface area contributed by atoms with E-state index in [-0.39, 0.29) is 32.7 Å². The largest absolute Gasteiger partial charge is 0.503 e. The standard InChI is InChI=1S/C22H19ClF3NO4/c1-4-9(2)16(22(30)31)17-10(3)27(15-8-14(25)20(28)19(26)18(15)17)21(29)11-5-6-12(23)13(24)7-11/h5-9,16,28H,4H2,1-3H3,(H,30,31). The normalized spacial score (nSPS) is 13.4. The van der Waals surface area contributed by atoms with E-state index in [4.69, 9.17) is 11.6 Å². The van der Waals surface area contributed by atoms with Crippen LogP contribution in [0.5, 0.6) is 5.75 Å². The van der Waals surface area contributed by atoms with Gasteiger partial charge in [0.25, 0.3) is 5.91 Å².